The summed E-state index contributed by atoms with van der Waals surface area (Å²) in [6, 6.07) is 5.80. The molecule has 1 aromatic rings. The van der Waals surface area contributed by atoms with Gasteiger partial charge in [0.25, 0.3) is 0 Å². The van der Waals surface area contributed by atoms with Gasteiger partial charge in [0.05, 0.1) is 17.2 Å². The Labute approximate surface area is 90.1 Å². The minimum absolute atomic E-state index is 0.225. The van der Waals surface area contributed by atoms with Gasteiger partial charge in [0.15, 0.2) is 0 Å². The summed E-state index contributed by atoms with van der Waals surface area (Å²) in [5.41, 5.74) is -0.510. The SMILES string of the molecule is C=O.C=O.N#Cc1ccc(C(F)(F)F)cc1. The predicted octanol–water partition coefficient (Wildman–Crippen LogP) is 2.21. The van der Waals surface area contributed by atoms with Crippen LogP contribution in [-0.2, 0) is 15.8 Å². The molecule has 0 N–H and O–H groups in total. The third-order valence-corrected chi connectivity index (χ3v) is 1.34. The van der Waals surface area contributed by atoms with Gasteiger partial charge >= 0.3 is 6.18 Å². The van der Waals surface area contributed by atoms with E-state index in [1.54, 1.807) is 6.07 Å². The first kappa shape index (κ1) is 16.3. The van der Waals surface area contributed by atoms with Crippen LogP contribution in [0.2, 0.25) is 0 Å². The Hall–Kier alpha value is -2.16. The van der Waals surface area contributed by atoms with E-state index in [1.165, 1.54) is 0 Å². The average molecular weight is 231 g/mol. The lowest BCUT2D eigenvalue weighted by molar-refractivity contribution is -0.137. The zero-order chi connectivity index (χ0) is 13.2. The van der Waals surface area contributed by atoms with Crippen molar-refractivity contribution in [1.29, 1.82) is 5.26 Å². The molecule has 0 aromatic heterocycles. The maximum Gasteiger partial charge on any atom is 0.416 e. The van der Waals surface area contributed by atoms with Crippen molar-refractivity contribution < 1.29 is 22.8 Å². The van der Waals surface area contributed by atoms with E-state index < -0.39 is 11.7 Å². The zero-order valence-corrected chi connectivity index (χ0v) is 8.12. The molecule has 0 saturated heterocycles. The Morgan fingerprint density at radius 1 is 1.00 bits per heavy atom. The number of carbonyl (C=O) groups is 2. The summed E-state index contributed by atoms with van der Waals surface area (Å²) in [5, 5.41) is 8.30. The summed E-state index contributed by atoms with van der Waals surface area (Å²) >= 11 is 0. The van der Waals surface area contributed by atoms with E-state index in [2.05, 4.69) is 0 Å². The largest absolute Gasteiger partial charge is 0.416 e. The van der Waals surface area contributed by atoms with Gasteiger partial charge in [-0.1, -0.05) is 0 Å². The fraction of sp³-hybridized carbons (Fsp3) is 0.100. The Balaban J connectivity index is 0. The van der Waals surface area contributed by atoms with Crippen molar-refractivity contribution >= 4 is 13.6 Å². The number of rotatable bonds is 0. The van der Waals surface area contributed by atoms with Crippen LogP contribution >= 0.6 is 0 Å². The molecule has 0 amide bonds. The van der Waals surface area contributed by atoms with Crippen LogP contribution in [0.3, 0.4) is 0 Å². The quantitative estimate of drug-likeness (QED) is 0.687. The van der Waals surface area contributed by atoms with Gasteiger partial charge in [-0.05, 0) is 24.3 Å². The van der Waals surface area contributed by atoms with Gasteiger partial charge in [0.1, 0.15) is 13.6 Å². The van der Waals surface area contributed by atoms with Crippen LogP contribution in [0.1, 0.15) is 11.1 Å². The Morgan fingerprint density at radius 2 is 1.38 bits per heavy atom. The fourth-order valence-electron chi connectivity index (χ4n) is 0.734. The molecular weight excluding hydrogens is 223 g/mol. The third kappa shape index (κ3) is 5.54. The molecule has 0 bridgehead atoms. The molecule has 0 unspecified atom stereocenters. The minimum Gasteiger partial charge on any atom is -0.307 e. The molecule has 0 radical (unpaired) electrons. The number of halogens is 3. The topological polar surface area (TPSA) is 57.9 Å². The maximum atomic E-state index is 11.9. The minimum atomic E-state index is -4.33. The number of alkyl halides is 3. The van der Waals surface area contributed by atoms with Gasteiger partial charge < -0.3 is 9.59 Å². The van der Waals surface area contributed by atoms with Gasteiger partial charge in [-0.2, -0.15) is 18.4 Å². The summed E-state index contributed by atoms with van der Waals surface area (Å²) in [7, 11) is 0. The molecule has 3 nitrogen and oxygen atoms in total. The van der Waals surface area contributed by atoms with E-state index in [-0.39, 0.29) is 5.56 Å². The number of benzene rings is 1. The van der Waals surface area contributed by atoms with Crippen LogP contribution in [-0.4, -0.2) is 13.6 Å². The fourth-order valence-corrected chi connectivity index (χ4v) is 0.734. The van der Waals surface area contributed by atoms with Crippen molar-refractivity contribution in [3.63, 3.8) is 0 Å². The standard InChI is InChI=1S/C8H4F3N.2CH2O/c9-8(10,11)7-3-1-6(5-12)2-4-7;2*1-2/h1-4H;2*1H2. The van der Waals surface area contributed by atoms with Crippen LogP contribution in [0, 0.1) is 11.3 Å². The van der Waals surface area contributed by atoms with Crippen LogP contribution in [0.5, 0.6) is 0 Å². The predicted molar refractivity (Wildman–Crippen MR) is 50.4 cm³/mol. The normalized spacial score (nSPS) is 8.62. The van der Waals surface area contributed by atoms with E-state index in [0.717, 1.165) is 24.3 Å². The van der Waals surface area contributed by atoms with Crippen LogP contribution in [0.4, 0.5) is 13.2 Å². The highest BCUT2D eigenvalue weighted by Crippen LogP contribution is 2.28. The summed E-state index contributed by atoms with van der Waals surface area (Å²) in [6.07, 6.45) is -4.33. The molecule has 86 valence electrons. The molecule has 1 aromatic carbocycles. The third-order valence-electron chi connectivity index (χ3n) is 1.34. The molecule has 0 fully saturated rings. The molecule has 6 heteroatoms. The Morgan fingerprint density at radius 3 is 1.62 bits per heavy atom. The van der Waals surface area contributed by atoms with Crippen molar-refractivity contribution in [2.45, 2.75) is 6.18 Å². The molecule has 0 heterocycles. The zero-order valence-electron chi connectivity index (χ0n) is 8.12. The second kappa shape index (κ2) is 8.17. The van der Waals surface area contributed by atoms with Crippen molar-refractivity contribution in [3.8, 4) is 6.07 Å². The lowest BCUT2D eigenvalue weighted by atomic mass is 10.1. The number of carbonyl (C=O) groups excluding carboxylic acids is 2. The number of hydrogen-bond donors (Lipinski definition) is 0. The second-order valence-electron chi connectivity index (χ2n) is 2.19. The van der Waals surface area contributed by atoms with Crippen LogP contribution in [0.25, 0.3) is 0 Å². The van der Waals surface area contributed by atoms with Crippen molar-refractivity contribution in [2.75, 3.05) is 0 Å². The van der Waals surface area contributed by atoms with Crippen molar-refractivity contribution in [3.05, 3.63) is 35.4 Å². The maximum absolute atomic E-state index is 11.9. The van der Waals surface area contributed by atoms with Gasteiger partial charge in [0.2, 0.25) is 0 Å². The summed E-state index contributed by atoms with van der Waals surface area (Å²) in [6.45, 7) is 4.00. The van der Waals surface area contributed by atoms with E-state index in [0.29, 0.717) is 0 Å². The number of hydrogen-bond acceptors (Lipinski definition) is 3. The molecule has 0 aliphatic heterocycles. The Bertz CT molecular complexity index is 339. The first-order valence-corrected chi connectivity index (χ1v) is 3.69. The highest BCUT2D eigenvalue weighted by atomic mass is 19.4. The summed E-state index contributed by atoms with van der Waals surface area (Å²) in [5.74, 6) is 0. The molecule has 0 atom stereocenters. The van der Waals surface area contributed by atoms with E-state index in [4.69, 9.17) is 14.9 Å². The highest BCUT2D eigenvalue weighted by molar-refractivity contribution is 5.32. The highest BCUT2D eigenvalue weighted by Gasteiger charge is 2.29. The van der Waals surface area contributed by atoms with Gasteiger partial charge in [0, 0.05) is 0 Å². The van der Waals surface area contributed by atoms with Gasteiger partial charge in [-0.15, -0.1) is 0 Å². The lowest BCUT2D eigenvalue weighted by Crippen LogP contribution is -2.03. The van der Waals surface area contributed by atoms with E-state index >= 15 is 0 Å². The summed E-state index contributed by atoms with van der Waals surface area (Å²) < 4.78 is 35.8. The smallest absolute Gasteiger partial charge is 0.307 e. The lowest BCUT2D eigenvalue weighted by Gasteiger charge is -2.04. The first-order chi connectivity index (χ1) is 7.54. The van der Waals surface area contributed by atoms with E-state index in [9.17, 15) is 13.2 Å². The van der Waals surface area contributed by atoms with Crippen molar-refractivity contribution in [2.24, 2.45) is 0 Å². The van der Waals surface area contributed by atoms with Gasteiger partial charge in [-0.25, -0.2) is 0 Å². The Kier molecular flexibility index (Phi) is 8.31. The van der Waals surface area contributed by atoms with Crippen LogP contribution < -0.4 is 0 Å². The van der Waals surface area contributed by atoms with E-state index in [1.807, 2.05) is 13.6 Å². The molecule has 0 saturated carbocycles. The molecule has 16 heavy (non-hydrogen) atoms. The van der Waals surface area contributed by atoms with Gasteiger partial charge in [-0.3, -0.25) is 0 Å². The molecular formula is C10H8F3NO2. The molecule has 0 aliphatic rings. The second-order valence-corrected chi connectivity index (χ2v) is 2.19. The van der Waals surface area contributed by atoms with Crippen LogP contribution in [0.15, 0.2) is 24.3 Å². The molecule has 0 aliphatic carbocycles. The number of nitrogens with zero attached hydrogens (tertiary/aromatic N) is 1. The number of nitriles is 1. The first-order valence-electron chi connectivity index (χ1n) is 3.69. The van der Waals surface area contributed by atoms with Crippen molar-refractivity contribution in [1.82, 2.24) is 0 Å². The average Bonchev–Trinajstić information content (AvgIpc) is 2.33. The summed E-state index contributed by atoms with van der Waals surface area (Å²) in [4.78, 5) is 16.0. The molecule has 1 rings (SSSR count). The molecule has 0 spiro atoms. The monoisotopic (exact) mass is 231 g/mol.